The summed E-state index contributed by atoms with van der Waals surface area (Å²) in [6.07, 6.45) is -0.639. The first-order chi connectivity index (χ1) is 13.3. The van der Waals surface area contributed by atoms with Crippen LogP contribution in [0.1, 0.15) is 13.8 Å². The molecule has 0 bridgehead atoms. The second kappa shape index (κ2) is 6.86. The summed E-state index contributed by atoms with van der Waals surface area (Å²) in [6, 6.07) is 5.60. The Hall–Kier alpha value is -2.45. The van der Waals surface area contributed by atoms with Crippen LogP contribution in [0.25, 0.3) is 0 Å². The van der Waals surface area contributed by atoms with Crippen LogP contribution in [0.3, 0.4) is 0 Å². The number of benzene rings is 1. The molecule has 3 saturated heterocycles. The van der Waals surface area contributed by atoms with Crippen LogP contribution in [0.15, 0.2) is 36.4 Å². The number of nitrogens with one attached hydrogen (secondary N) is 1. The van der Waals surface area contributed by atoms with Gasteiger partial charge in [-0.3, -0.25) is 19.9 Å². The number of fused-ring (bicyclic) bond motifs is 3. The van der Waals surface area contributed by atoms with Crippen LogP contribution in [-0.4, -0.2) is 71.8 Å². The van der Waals surface area contributed by atoms with Crippen molar-refractivity contribution in [2.75, 3.05) is 31.6 Å². The number of carbonyl (C=O) groups excluding carboxylic acids is 2. The van der Waals surface area contributed by atoms with Crippen molar-refractivity contribution in [3.63, 3.8) is 0 Å². The highest BCUT2D eigenvalue weighted by molar-refractivity contribution is 6.00. The van der Waals surface area contributed by atoms with Crippen LogP contribution < -0.4 is 10.2 Å². The highest BCUT2D eigenvalue weighted by Crippen LogP contribution is 2.34. The number of halogens is 1. The van der Waals surface area contributed by atoms with Gasteiger partial charge in [-0.2, -0.15) is 0 Å². The number of likely N-dealkylation sites (N-methyl/N-ethyl adjacent to an activating group) is 1. The smallest absolute Gasteiger partial charge is 0.328 e. The third-order valence-electron chi connectivity index (χ3n) is 5.67. The molecule has 3 aliphatic rings. The molecule has 0 radical (unpaired) electrons. The summed E-state index contributed by atoms with van der Waals surface area (Å²) < 4.78 is 13.4. The van der Waals surface area contributed by atoms with Gasteiger partial charge in [-0.1, -0.05) is 19.1 Å². The molecule has 0 aliphatic carbocycles. The van der Waals surface area contributed by atoms with Gasteiger partial charge < -0.3 is 9.80 Å². The molecule has 3 heterocycles. The monoisotopic (exact) mass is 387 g/mol. The van der Waals surface area contributed by atoms with E-state index >= 15 is 0 Å². The van der Waals surface area contributed by atoms with E-state index in [1.807, 2.05) is 6.92 Å². The lowest BCUT2D eigenvalue weighted by Crippen LogP contribution is -2.66. The number of carbonyl (C=O) groups is 2. The van der Waals surface area contributed by atoms with Gasteiger partial charge in [0.15, 0.2) is 0 Å². The molecule has 8 heteroatoms. The molecule has 4 rings (SSSR count). The summed E-state index contributed by atoms with van der Waals surface area (Å²) >= 11 is 0. The molecule has 3 aliphatic heterocycles. The predicted octanol–water partition coefficient (Wildman–Crippen LogP) is 1.64. The largest absolute Gasteiger partial charge is 0.343 e. The lowest BCUT2D eigenvalue weighted by molar-refractivity contribution is -0.138. The zero-order chi connectivity index (χ0) is 20.2. The molecule has 4 atom stereocenters. The highest BCUT2D eigenvalue weighted by Gasteiger charge is 2.56. The van der Waals surface area contributed by atoms with Crippen molar-refractivity contribution in [3.05, 3.63) is 42.2 Å². The van der Waals surface area contributed by atoms with Crippen molar-refractivity contribution < 1.29 is 14.0 Å². The molecule has 0 aromatic heterocycles. The van der Waals surface area contributed by atoms with Gasteiger partial charge in [0.05, 0.1) is 6.54 Å². The summed E-state index contributed by atoms with van der Waals surface area (Å²) in [7, 11) is 1.72. The SMILES string of the molecule is C=C(C)CN1C(=O)C2C(NC3N(c4ccc(F)cc4)CC(C)CN23)N(C)C1=O. The van der Waals surface area contributed by atoms with Gasteiger partial charge in [-0.25, -0.2) is 9.18 Å². The number of imide groups is 1. The second-order valence-corrected chi connectivity index (χ2v) is 8.14. The van der Waals surface area contributed by atoms with E-state index < -0.39 is 12.2 Å². The van der Waals surface area contributed by atoms with Gasteiger partial charge in [-0.05, 0) is 37.1 Å². The van der Waals surface area contributed by atoms with E-state index in [0.29, 0.717) is 5.92 Å². The normalized spacial score (nSPS) is 30.5. The van der Waals surface area contributed by atoms with Crippen LogP contribution in [0.4, 0.5) is 14.9 Å². The first-order valence-electron chi connectivity index (χ1n) is 9.54. The van der Waals surface area contributed by atoms with Gasteiger partial charge in [0.1, 0.15) is 24.3 Å². The summed E-state index contributed by atoms with van der Waals surface area (Å²) in [5.74, 6) is -0.166. The number of urea groups is 1. The van der Waals surface area contributed by atoms with Crippen molar-refractivity contribution in [3.8, 4) is 0 Å². The van der Waals surface area contributed by atoms with Crippen LogP contribution in [0.2, 0.25) is 0 Å². The summed E-state index contributed by atoms with van der Waals surface area (Å²) in [6.45, 7) is 9.53. The van der Waals surface area contributed by atoms with Crippen molar-refractivity contribution >= 4 is 17.6 Å². The molecule has 150 valence electrons. The molecular weight excluding hydrogens is 361 g/mol. The van der Waals surface area contributed by atoms with E-state index in [0.717, 1.165) is 24.4 Å². The Kier molecular flexibility index (Phi) is 4.63. The Bertz CT molecular complexity index is 813. The first-order valence-corrected chi connectivity index (χ1v) is 9.54. The second-order valence-electron chi connectivity index (χ2n) is 8.14. The molecule has 1 aromatic rings. The molecule has 0 saturated carbocycles. The minimum absolute atomic E-state index is 0.195. The van der Waals surface area contributed by atoms with Crippen LogP contribution >= 0.6 is 0 Å². The van der Waals surface area contributed by atoms with Crippen molar-refractivity contribution in [2.45, 2.75) is 32.3 Å². The third kappa shape index (κ3) is 2.97. The van der Waals surface area contributed by atoms with Gasteiger partial charge in [0.2, 0.25) is 0 Å². The van der Waals surface area contributed by atoms with E-state index in [2.05, 4.69) is 28.6 Å². The topological polar surface area (TPSA) is 59.1 Å². The Morgan fingerprint density at radius 3 is 2.57 bits per heavy atom. The van der Waals surface area contributed by atoms with Crippen molar-refractivity contribution in [1.82, 2.24) is 20.0 Å². The number of rotatable bonds is 3. The van der Waals surface area contributed by atoms with Crippen molar-refractivity contribution in [1.29, 1.82) is 0 Å². The van der Waals surface area contributed by atoms with E-state index in [-0.39, 0.29) is 30.6 Å². The Balaban J connectivity index is 1.68. The maximum absolute atomic E-state index is 13.4. The standard InChI is InChI=1S/C20H26FN5O2/c1-12(2)9-26-18(27)16-17(23(4)20(26)28)22-19-24(10-13(3)11-25(16)19)15-7-5-14(21)6-8-15/h5-8,13,16-17,19,22H,1,9-11H2,2-4H3. The van der Waals surface area contributed by atoms with Gasteiger partial charge >= 0.3 is 6.03 Å². The highest BCUT2D eigenvalue weighted by atomic mass is 19.1. The van der Waals surface area contributed by atoms with Gasteiger partial charge in [0, 0.05) is 25.8 Å². The molecule has 4 unspecified atom stereocenters. The Morgan fingerprint density at radius 1 is 1.25 bits per heavy atom. The summed E-state index contributed by atoms with van der Waals surface area (Å²) in [5, 5.41) is 3.46. The molecule has 1 N–H and O–H groups in total. The lowest BCUT2D eigenvalue weighted by Gasteiger charge is -2.46. The Labute approximate surface area is 164 Å². The molecular formula is C20H26FN5O2. The fraction of sp³-hybridized carbons (Fsp3) is 0.500. The van der Waals surface area contributed by atoms with E-state index in [1.165, 1.54) is 17.0 Å². The average molecular weight is 387 g/mol. The average Bonchev–Trinajstić information content (AvgIpc) is 3.03. The fourth-order valence-corrected chi connectivity index (χ4v) is 4.47. The van der Waals surface area contributed by atoms with Crippen molar-refractivity contribution in [2.24, 2.45) is 5.92 Å². The zero-order valence-electron chi connectivity index (χ0n) is 16.4. The zero-order valence-corrected chi connectivity index (χ0v) is 16.4. The van der Waals surface area contributed by atoms with Crippen LogP contribution in [0, 0.1) is 11.7 Å². The predicted molar refractivity (Wildman–Crippen MR) is 104 cm³/mol. The van der Waals surface area contributed by atoms with Gasteiger partial charge in [0.25, 0.3) is 5.91 Å². The first kappa shape index (κ1) is 18.9. The Morgan fingerprint density at radius 2 is 1.93 bits per heavy atom. The summed E-state index contributed by atoms with van der Waals surface area (Å²) in [5.41, 5.74) is 1.64. The maximum Gasteiger partial charge on any atom is 0.328 e. The lowest BCUT2D eigenvalue weighted by atomic mass is 10.0. The number of hydrogen-bond donors (Lipinski definition) is 1. The van der Waals surface area contributed by atoms with E-state index in [9.17, 15) is 14.0 Å². The molecule has 1 aromatic carbocycles. The maximum atomic E-state index is 13.4. The quantitative estimate of drug-likeness (QED) is 0.799. The number of amides is 3. The van der Waals surface area contributed by atoms with E-state index in [1.54, 1.807) is 24.1 Å². The molecule has 7 nitrogen and oxygen atoms in total. The number of nitrogens with zero attached hydrogens (tertiary/aromatic N) is 4. The molecule has 28 heavy (non-hydrogen) atoms. The van der Waals surface area contributed by atoms with E-state index in [4.69, 9.17) is 0 Å². The minimum Gasteiger partial charge on any atom is -0.343 e. The number of hydrogen-bond acceptors (Lipinski definition) is 5. The third-order valence-corrected chi connectivity index (χ3v) is 5.67. The molecule has 3 fully saturated rings. The minimum atomic E-state index is -0.460. The summed E-state index contributed by atoms with van der Waals surface area (Å²) in [4.78, 5) is 33.1. The number of anilines is 1. The molecule has 0 spiro atoms. The van der Waals surface area contributed by atoms with Gasteiger partial charge in [-0.15, -0.1) is 0 Å². The molecule has 3 amide bonds. The van der Waals surface area contributed by atoms with Crippen LogP contribution in [-0.2, 0) is 4.79 Å². The fourth-order valence-electron chi connectivity index (χ4n) is 4.47. The van der Waals surface area contributed by atoms with Crippen LogP contribution in [0.5, 0.6) is 0 Å².